The van der Waals surface area contributed by atoms with Crippen LogP contribution in [-0.4, -0.2) is 17.3 Å². The van der Waals surface area contributed by atoms with Crippen LogP contribution in [0.1, 0.15) is 64.7 Å². The number of ether oxygens (including phenoxy) is 1. The molecule has 114 valence electrons. The highest BCUT2D eigenvalue weighted by Gasteiger charge is 2.58. The Kier molecular flexibility index (Phi) is 4.35. The Labute approximate surface area is 128 Å². The van der Waals surface area contributed by atoms with Gasteiger partial charge in [0, 0.05) is 5.75 Å². The Morgan fingerprint density at radius 3 is 2.25 bits per heavy atom. The first-order valence-corrected chi connectivity index (χ1v) is 9.14. The summed E-state index contributed by atoms with van der Waals surface area (Å²) < 4.78 is 6.17. The van der Waals surface area contributed by atoms with Gasteiger partial charge in [-0.2, -0.15) is 12.6 Å². The molecule has 0 aromatic heterocycles. The molecule has 0 aliphatic heterocycles. The van der Waals surface area contributed by atoms with E-state index in [9.17, 15) is 4.79 Å². The van der Waals surface area contributed by atoms with E-state index in [2.05, 4.69) is 19.6 Å². The third-order valence-corrected chi connectivity index (χ3v) is 6.28. The minimum Gasteiger partial charge on any atom is -0.458 e. The molecule has 0 aromatic rings. The Morgan fingerprint density at radius 1 is 1.15 bits per heavy atom. The summed E-state index contributed by atoms with van der Waals surface area (Å²) in [7, 11) is 0. The van der Waals surface area contributed by atoms with Crippen LogP contribution in [-0.2, 0) is 9.53 Å². The molecule has 20 heavy (non-hydrogen) atoms. The fraction of sp³-hybridized carbons (Fsp3) is 0.941. The van der Waals surface area contributed by atoms with Gasteiger partial charge in [0.05, 0.1) is 6.42 Å². The van der Waals surface area contributed by atoms with Crippen LogP contribution in [0.5, 0.6) is 0 Å². The maximum absolute atomic E-state index is 12.1. The highest BCUT2D eigenvalue weighted by Crippen LogP contribution is 2.61. The molecule has 0 heterocycles. The molecule has 0 atom stereocenters. The SMILES string of the molecule is CCCCC1(OC(=O)CCS)C2CC3CC(C2)CC1C3. The van der Waals surface area contributed by atoms with Crippen molar-refractivity contribution >= 4 is 18.6 Å². The van der Waals surface area contributed by atoms with E-state index in [0.29, 0.717) is 24.0 Å². The van der Waals surface area contributed by atoms with Crippen molar-refractivity contribution in [2.45, 2.75) is 70.3 Å². The lowest BCUT2D eigenvalue weighted by molar-refractivity contribution is -0.212. The van der Waals surface area contributed by atoms with Gasteiger partial charge in [0.1, 0.15) is 5.60 Å². The van der Waals surface area contributed by atoms with Gasteiger partial charge in [-0.1, -0.05) is 13.3 Å². The number of hydrogen-bond donors (Lipinski definition) is 1. The summed E-state index contributed by atoms with van der Waals surface area (Å²) in [5.41, 5.74) is -0.108. The minimum atomic E-state index is -0.108. The lowest BCUT2D eigenvalue weighted by Gasteiger charge is -2.60. The number of carbonyl (C=O) groups excluding carboxylic acids is 1. The van der Waals surface area contributed by atoms with Gasteiger partial charge in [0.2, 0.25) is 0 Å². The summed E-state index contributed by atoms with van der Waals surface area (Å²) in [6, 6.07) is 0. The summed E-state index contributed by atoms with van der Waals surface area (Å²) in [6.45, 7) is 2.24. The molecule has 2 nitrogen and oxygen atoms in total. The van der Waals surface area contributed by atoms with E-state index in [1.807, 2.05) is 0 Å². The van der Waals surface area contributed by atoms with Gasteiger partial charge in [-0.05, 0) is 68.6 Å². The molecule has 4 aliphatic rings. The van der Waals surface area contributed by atoms with Crippen LogP contribution < -0.4 is 0 Å². The van der Waals surface area contributed by atoms with E-state index < -0.39 is 0 Å². The molecule has 0 aromatic carbocycles. The topological polar surface area (TPSA) is 26.3 Å². The number of carbonyl (C=O) groups is 1. The number of rotatable bonds is 6. The van der Waals surface area contributed by atoms with Crippen LogP contribution in [0.2, 0.25) is 0 Å². The Hall–Kier alpha value is -0.180. The molecule has 3 heteroatoms. The molecule has 4 fully saturated rings. The fourth-order valence-electron chi connectivity index (χ4n) is 5.42. The molecule has 4 aliphatic carbocycles. The van der Waals surface area contributed by atoms with E-state index in [0.717, 1.165) is 18.3 Å². The minimum absolute atomic E-state index is 0.0106. The standard InChI is InChI=1S/C17H28O2S/c1-2-3-5-17(19-16(18)4-6-20)14-8-12-7-13(10-14)11-15(17)9-12/h12-15,20H,2-11H2,1H3. The van der Waals surface area contributed by atoms with Crippen LogP contribution in [0.3, 0.4) is 0 Å². The van der Waals surface area contributed by atoms with Crippen molar-refractivity contribution in [2.75, 3.05) is 5.75 Å². The van der Waals surface area contributed by atoms with Crippen molar-refractivity contribution in [3.63, 3.8) is 0 Å². The van der Waals surface area contributed by atoms with Crippen LogP contribution in [0, 0.1) is 23.7 Å². The van der Waals surface area contributed by atoms with Gasteiger partial charge in [0.15, 0.2) is 0 Å². The first kappa shape index (κ1) is 14.7. The lowest BCUT2D eigenvalue weighted by atomic mass is 9.49. The van der Waals surface area contributed by atoms with Gasteiger partial charge in [-0.3, -0.25) is 4.79 Å². The second-order valence-corrected chi connectivity index (χ2v) is 7.76. The molecule has 4 saturated carbocycles. The summed E-state index contributed by atoms with van der Waals surface area (Å²) in [5, 5.41) is 0. The first-order chi connectivity index (χ1) is 9.68. The predicted octanol–water partition coefficient (Wildman–Crippen LogP) is 4.23. The molecule has 0 radical (unpaired) electrons. The van der Waals surface area contributed by atoms with E-state index in [4.69, 9.17) is 4.74 Å². The first-order valence-electron chi connectivity index (χ1n) is 8.50. The van der Waals surface area contributed by atoms with Gasteiger partial charge in [-0.25, -0.2) is 0 Å². The molecule has 4 bridgehead atoms. The molecule has 0 N–H and O–H groups in total. The zero-order valence-corrected chi connectivity index (χ0v) is 13.5. The number of thiol groups is 1. The summed E-state index contributed by atoms with van der Waals surface area (Å²) in [6.07, 6.45) is 10.6. The van der Waals surface area contributed by atoms with Crippen molar-refractivity contribution in [2.24, 2.45) is 23.7 Å². The normalized spacial score (nSPS) is 41.9. The average Bonchev–Trinajstić information content (AvgIpc) is 2.41. The van der Waals surface area contributed by atoms with Crippen molar-refractivity contribution in [1.82, 2.24) is 0 Å². The maximum Gasteiger partial charge on any atom is 0.307 e. The van der Waals surface area contributed by atoms with E-state index in [1.165, 1.54) is 44.9 Å². The molecule has 0 unspecified atom stereocenters. The second-order valence-electron chi connectivity index (χ2n) is 7.31. The quantitative estimate of drug-likeness (QED) is 0.586. The smallest absolute Gasteiger partial charge is 0.307 e. The Morgan fingerprint density at radius 2 is 1.75 bits per heavy atom. The third kappa shape index (κ3) is 2.51. The summed E-state index contributed by atoms with van der Waals surface area (Å²) >= 11 is 4.18. The molecule has 0 amide bonds. The van der Waals surface area contributed by atoms with Crippen molar-refractivity contribution in [3.8, 4) is 0 Å². The van der Waals surface area contributed by atoms with Crippen molar-refractivity contribution in [1.29, 1.82) is 0 Å². The Bertz CT molecular complexity index is 338. The van der Waals surface area contributed by atoms with Crippen LogP contribution in [0.25, 0.3) is 0 Å². The number of esters is 1. The van der Waals surface area contributed by atoms with Crippen LogP contribution in [0.4, 0.5) is 0 Å². The molecular formula is C17H28O2S. The van der Waals surface area contributed by atoms with Gasteiger partial charge in [-0.15, -0.1) is 0 Å². The largest absolute Gasteiger partial charge is 0.458 e. The van der Waals surface area contributed by atoms with Crippen LogP contribution >= 0.6 is 12.6 Å². The highest BCUT2D eigenvalue weighted by atomic mass is 32.1. The highest BCUT2D eigenvalue weighted by molar-refractivity contribution is 7.80. The van der Waals surface area contributed by atoms with Crippen molar-refractivity contribution < 1.29 is 9.53 Å². The lowest BCUT2D eigenvalue weighted by Crippen LogP contribution is -2.59. The number of unbranched alkanes of at least 4 members (excludes halogenated alkanes) is 1. The van der Waals surface area contributed by atoms with Gasteiger partial charge in [0.25, 0.3) is 0 Å². The van der Waals surface area contributed by atoms with Crippen molar-refractivity contribution in [3.05, 3.63) is 0 Å². The summed E-state index contributed by atoms with van der Waals surface area (Å²) in [4.78, 5) is 12.1. The average molecular weight is 296 g/mol. The van der Waals surface area contributed by atoms with Crippen LogP contribution in [0.15, 0.2) is 0 Å². The zero-order valence-electron chi connectivity index (χ0n) is 12.6. The van der Waals surface area contributed by atoms with Gasteiger partial charge >= 0.3 is 5.97 Å². The maximum atomic E-state index is 12.1. The summed E-state index contributed by atoms with van der Waals surface area (Å²) in [5.74, 6) is 3.74. The van der Waals surface area contributed by atoms with E-state index in [1.54, 1.807) is 0 Å². The molecule has 0 spiro atoms. The molecule has 0 saturated heterocycles. The van der Waals surface area contributed by atoms with E-state index in [-0.39, 0.29) is 11.6 Å². The molecular weight excluding hydrogens is 268 g/mol. The third-order valence-electron chi connectivity index (χ3n) is 6.06. The fourth-order valence-corrected chi connectivity index (χ4v) is 5.60. The number of hydrogen-bond acceptors (Lipinski definition) is 3. The monoisotopic (exact) mass is 296 g/mol. The second kappa shape index (κ2) is 5.90. The van der Waals surface area contributed by atoms with E-state index >= 15 is 0 Å². The predicted molar refractivity (Wildman–Crippen MR) is 83.9 cm³/mol. The van der Waals surface area contributed by atoms with Gasteiger partial charge < -0.3 is 4.74 Å². The zero-order chi connectivity index (χ0) is 14.2. The Balaban J connectivity index is 1.80. The molecule has 4 rings (SSSR count).